The number of hydrogen-bond donors (Lipinski definition) is 2. The number of hydrogen-bond acceptors (Lipinski definition) is 2. The zero-order valence-electron chi connectivity index (χ0n) is 11.9. The first kappa shape index (κ1) is 14.3. The molecule has 1 amide bonds. The van der Waals surface area contributed by atoms with Crippen molar-refractivity contribution in [1.82, 2.24) is 4.57 Å². The molecule has 0 aliphatic heterocycles. The molecule has 0 fully saturated rings. The van der Waals surface area contributed by atoms with Crippen LogP contribution in [-0.2, 0) is 4.79 Å². The zero-order chi connectivity index (χ0) is 14.5. The smallest absolute Gasteiger partial charge is 0.241 e. The Morgan fingerprint density at radius 3 is 2.60 bits per heavy atom. The van der Waals surface area contributed by atoms with Gasteiger partial charge in [0.15, 0.2) is 0 Å². The maximum atomic E-state index is 12.0. The van der Waals surface area contributed by atoms with Gasteiger partial charge in [0.05, 0.1) is 6.04 Å². The van der Waals surface area contributed by atoms with Crippen LogP contribution in [0, 0.1) is 5.92 Å². The number of nitrogens with two attached hydrogens (primary N) is 1. The molecule has 0 saturated heterocycles. The van der Waals surface area contributed by atoms with Gasteiger partial charge in [-0.25, -0.2) is 0 Å². The molecule has 0 radical (unpaired) electrons. The van der Waals surface area contributed by atoms with Crippen LogP contribution in [-0.4, -0.2) is 16.5 Å². The molecule has 1 heterocycles. The Hall–Kier alpha value is -2.07. The van der Waals surface area contributed by atoms with E-state index in [9.17, 15) is 4.79 Å². The molecule has 20 heavy (non-hydrogen) atoms. The van der Waals surface area contributed by atoms with E-state index in [2.05, 4.69) is 19.2 Å². The van der Waals surface area contributed by atoms with Crippen molar-refractivity contribution in [3.05, 3.63) is 48.8 Å². The van der Waals surface area contributed by atoms with Crippen molar-refractivity contribution in [2.75, 3.05) is 5.32 Å². The molecule has 0 aliphatic carbocycles. The molecule has 1 atom stereocenters. The molecule has 0 aliphatic rings. The molecule has 0 saturated carbocycles. The highest BCUT2D eigenvalue weighted by Gasteiger charge is 2.15. The highest BCUT2D eigenvalue weighted by atomic mass is 16.2. The van der Waals surface area contributed by atoms with Gasteiger partial charge in [-0.15, -0.1) is 0 Å². The average molecular weight is 271 g/mol. The van der Waals surface area contributed by atoms with Gasteiger partial charge in [0.2, 0.25) is 5.91 Å². The van der Waals surface area contributed by atoms with Crippen molar-refractivity contribution in [2.24, 2.45) is 11.7 Å². The van der Waals surface area contributed by atoms with Crippen molar-refractivity contribution in [3.63, 3.8) is 0 Å². The molecular formula is C16H21N3O. The lowest BCUT2D eigenvalue weighted by Gasteiger charge is -2.14. The summed E-state index contributed by atoms with van der Waals surface area (Å²) in [5, 5.41) is 2.87. The third-order valence-electron chi connectivity index (χ3n) is 3.08. The van der Waals surface area contributed by atoms with E-state index in [-0.39, 0.29) is 5.91 Å². The van der Waals surface area contributed by atoms with E-state index >= 15 is 0 Å². The number of anilines is 1. The minimum absolute atomic E-state index is 0.136. The largest absolute Gasteiger partial charge is 0.325 e. The van der Waals surface area contributed by atoms with Crippen LogP contribution in [0.2, 0.25) is 0 Å². The number of carbonyl (C=O) groups excluding carboxylic acids is 1. The molecule has 106 valence electrons. The Balaban J connectivity index is 2.07. The van der Waals surface area contributed by atoms with E-state index in [1.54, 1.807) is 0 Å². The monoisotopic (exact) mass is 271 g/mol. The highest BCUT2D eigenvalue weighted by Crippen LogP contribution is 2.15. The molecule has 1 aromatic carbocycles. The molecule has 4 heteroatoms. The van der Waals surface area contributed by atoms with Crippen LogP contribution in [0.3, 0.4) is 0 Å². The average Bonchev–Trinajstić information content (AvgIpc) is 2.92. The number of amides is 1. The third-order valence-corrected chi connectivity index (χ3v) is 3.08. The zero-order valence-corrected chi connectivity index (χ0v) is 11.9. The van der Waals surface area contributed by atoms with Crippen LogP contribution in [0.4, 0.5) is 5.69 Å². The second-order valence-electron chi connectivity index (χ2n) is 5.37. The Bertz CT molecular complexity index is 561. The molecule has 2 rings (SSSR count). The molecule has 3 N–H and O–H groups in total. The van der Waals surface area contributed by atoms with Crippen LogP contribution >= 0.6 is 0 Å². The van der Waals surface area contributed by atoms with E-state index < -0.39 is 6.04 Å². The van der Waals surface area contributed by atoms with Gasteiger partial charge in [0.25, 0.3) is 0 Å². The lowest BCUT2D eigenvalue weighted by atomic mass is 10.0. The maximum absolute atomic E-state index is 12.0. The normalized spacial score (nSPS) is 12.4. The van der Waals surface area contributed by atoms with Gasteiger partial charge in [-0.1, -0.05) is 19.9 Å². The lowest BCUT2D eigenvalue weighted by Crippen LogP contribution is -2.36. The number of carbonyl (C=O) groups is 1. The molecular weight excluding hydrogens is 250 g/mol. The first-order chi connectivity index (χ1) is 9.56. The Morgan fingerprint density at radius 2 is 1.95 bits per heavy atom. The molecule has 0 bridgehead atoms. The third kappa shape index (κ3) is 3.71. The van der Waals surface area contributed by atoms with Gasteiger partial charge >= 0.3 is 0 Å². The second-order valence-corrected chi connectivity index (χ2v) is 5.37. The van der Waals surface area contributed by atoms with Gasteiger partial charge in [0, 0.05) is 23.8 Å². The highest BCUT2D eigenvalue weighted by molar-refractivity contribution is 5.94. The van der Waals surface area contributed by atoms with E-state index in [1.807, 2.05) is 53.4 Å². The minimum Gasteiger partial charge on any atom is -0.325 e. The van der Waals surface area contributed by atoms with Gasteiger partial charge in [-0.05, 0) is 42.7 Å². The first-order valence-electron chi connectivity index (χ1n) is 6.86. The van der Waals surface area contributed by atoms with E-state index in [0.29, 0.717) is 12.3 Å². The van der Waals surface area contributed by atoms with E-state index in [4.69, 9.17) is 5.73 Å². The fourth-order valence-corrected chi connectivity index (χ4v) is 2.10. The van der Waals surface area contributed by atoms with Crippen LogP contribution < -0.4 is 11.1 Å². The summed E-state index contributed by atoms with van der Waals surface area (Å²) in [5.74, 6) is 0.269. The summed E-state index contributed by atoms with van der Waals surface area (Å²) in [6.45, 7) is 4.11. The van der Waals surface area contributed by atoms with Crippen LogP contribution in [0.5, 0.6) is 0 Å². The number of aromatic nitrogens is 1. The quantitative estimate of drug-likeness (QED) is 0.878. The first-order valence-corrected chi connectivity index (χ1v) is 6.86. The minimum atomic E-state index is -0.467. The van der Waals surface area contributed by atoms with Crippen molar-refractivity contribution in [3.8, 4) is 5.69 Å². The van der Waals surface area contributed by atoms with Crippen molar-refractivity contribution >= 4 is 11.6 Å². The van der Waals surface area contributed by atoms with Crippen molar-refractivity contribution in [2.45, 2.75) is 26.3 Å². The molecule has 0 unspecified atom stereocenters. The molecule has 0 spiro atoms. The summed E-state index contributed by atoms with van der Waals surface area (Å²) in [6, 6.07) is 11.2. The molecule has 2 aromatic rings. The van der Waals surface area contributed by atoms with Crippen molar-refractivity contribution < 1.29 is 4.79 Å². The van der Waals surface area contributed by atoms with Gasteiger partial charge in [0.1, 0.15) is 0 Å². The summed E-state index contributed by atoms with van der Waals surface area (Å²) in [4.78, 5) is 12.0. The second kappa shape index (κ2) is 6.39. The van der Waals surface area contributed by atoms with Gasteiger partial charge < -0.3 is 15.6 Å². The summed E-state index contributed by atoms with van der Waals surface area (Å²) >= 11 is 0. The van der Waals surface area contributed by atoms with Crippen molar-refractivity contribution in [1.29, 1.82) is 0 Å². The Labute approximate surface area is 119 Å². The predicted octanol–water partition coefficient (Wildman–Crippen LogP) is 2.79. The van der Waals surface area contributed by atoms with E-state index in [1.165, 1.54) is 0 Å². The van der Waals surface area contributed by atoms with E-state index in [0.717, 1.165) is 11.4 Å². The van der Waals surface area contributed by atoms with Crippen LogP contribution in [0.1, 0.15) is 20.3 Å². The number of rotatable bonds is 5. The lowest BCUT2D eigenvalue weighted by molar-refractivity contribution is -0.117. The topological polar surface area (TPSA) is 60.1 Å². The van der Waals surface area contributed by atoms with Gasteiger partial charge in [-0.2, -0.15) is 0 Å². The SMILES string of the molecule is CC(C)C[C@@H](N)C(=O)Nc1cccc(-n2cccc2)c1. The Morgan fingerprint density at radius 1 is 1.25 bits per heavy atom. The standard InChI is InChI=1S/C16H21N3O/c1-12(2)10-15(17)16(20)18-13-6-5-7-14(11-13)19-8-3-4-9-19/h3-9,11-12,15H,10,17H2,1-2H3,(H,18,20)/t15-/m1/s1. The van der Waals surface area contributed by atoms with Crippen LogP contribution in [0.25, 0.3) is 5.69 Å². The number of nitrogens with one attached hydrogen (secondary N) is 1. The van der Waals surface area contributed by atoms with Gasteiger partial charge in [-0.3, -0.25) is 4.79 Å². The van der Waals surface area contributed by atoms with Crippen LogP contribution in [0.15, 0.2) is 48.8 Å². The summed E-state index contributed by atoms with van der Waals surface area (Å²) in [6.07, 6.45) is 4.61. The maximum Gasteiger partial charge on any atom is 0.241 e. The number of benzene rings is 1. The Kier molecular flexibility index (Phi) is 4.58. The predicted molar refractivity (Wildman–Crippen MR) is 81.8 cm³/mol. The molecule has 4 nitrogen and oxygen atoms in total. The summed E-state index contributed by atoms with van der Waals surface area (Å²) in [5.41, 5.74) is 7.65. The fourth-order valence-electron chi connectivity index (χ4n) is 2.10. The molecule has 1 aromatic heterocycles. The number of nitrogens with zero attached hydrogens (tertiary/aromatic N) is 1. The fraction of sp³-hybridized carbons (Fsp3) is 0.312. The summed E-state index contributed by atoms with van der Waals surface area (Å²) in [7, 11) is 0. The summed E-state index contributed by atoms with van der Waals surface area (Å²) < 4.78 is 1.99.